The molecule has 0 aliphatic carbocycles. The number of ether oxygens (including phenoxy) is 2. The van der Waals surface area contributed by atoms with Crippen LogP contribution in [0.2, 0.25) is 0 Å². The Bertz CT molecular complexity index is 476. The van der Waals surface area contributed by atoms with E-state index in [1.165, 1.54) is 0 Å². The van der Waals surface area contributed by atoms with E-state index in [1.54, 1.807) is 0 Å². The number of nitrogens with one attached hydrogen (secondary N) is 2. The van der Waals surface area contributed by atoms with Crippen LogP contribution in [0.3, 0.4) is 0 Å². The highest BCUT2D eigenvalue weighted by atomic mass is 35.5. The van der Waals surface area contributed by atoms with Gasteiger partial charge in [0.1, 0.15) is 12.4 Å². The van der Waals surface area contributed by atoms with E-state index in [1.807, 2.05) is 32.2 Å². The lowest BCUT2D eigenvalue weighted by molar-refractivity contribution is -0.116. The molecule has 1 heterocycles. The summed E-state index contributed by atoms with van der Waals surface area (Å²) in [5.74, 6) is 0.693. The van der Waals surface area contributed by atoms with Crippen LogP contribution in [0.25, 0.3) is 0 Å². The minimum Gasteiger partial charge on any atom is -0.489 e. The molecule has 1 atom stereocenters. The zero-order chi connectivity index (χ0) is 15.1. The summed E-state index contributed by atoms with van der Waals surface area (Å²) in [5.41, 5.74) is 1.82. The van der Waals surface area contributed by atoms with Gasteiger partial charge in [-0.1, -0.05) is 6.07 Å². The molecule has 1 aromatic rings. The smallest absolute Gasteiger partial charge is 0.225 e. The van der Waals surface area contributed by atoms with Gasteiger partial charge in [-0.2, -0.15) is 0 Å². The Morgan fingerprint density at radius 2 is 2.27 bits per heavy atom. The van der Waals surface area contributed by atoms with Crippen LogP contribution in [-0.4, -0.2) is 38.8 Å². The highest BCUT2D eigenvalue weighted by Gasteiger charge is 2.17. The molecule has 1 fully saturated rings. The van der Waals surface area contributed by atoms with Crippen molar-refractivity contribution < 1.29 is 14.3 Å². The topological polar surface area (TPSA) is 59.6 Å². The Balaban J connectivity index is 0.00000242. The van der Waals surface area contributed by atoms with E-state index in [-0.39, 0.29) is 24.4 Å². The molecule has 5 nitrogen and oxygen atoms in total. The maximum atomic E-state index is 11.8. The standard InChI is InChI=1S/C16H24N2O3.ClH/c1-12-5-6-14(18-16(19)7-8-17-2)15(10-12)21-11-13-4-3-9-20-13;/h5-6,10,13,17H,3-4,7-9,11H2,1-2H3,(H,18,19);1H. The normalized spacial score (nSPS) is 16.9. The summed E-state index contributed by atoms with van der Waals surface area (Å²) in [6.45, 7) is 4.01. The molecule has 1 saturated heterocycles. The van der Waals surface area contributed by atoms with Gasteiger partial charge in [0, 0.05) is 19.6 Å². The SMILES string of the molecule is CNCCC(=O)Nc1ccc(C)cc1OCC1CCCO1.Cl. The molecule has 0 bridgehead atoms. The van der Waals surface area contributed by atoms with Gasteiger partial charge >= 0.3 is 0 Å². The molecule has 6 heteroatoms. The van der Waals surface area contributed by atoms with Gasteiger partial charge in [-0.05, 0) is 44.5 Å². The second-order valence-corrected chi connectivity index (χ2v) is 5.35. The fourth-order valence-electron chi connectivity index (χ4n) is 2.26. The van der Waals surface area contributed by atoms with Crippen LogP contribution in [0.15, 0.2) is 18.2 Å². The minimum absolute atomic E-state index is 0. The molecule has 1 unspecified atom stereocenters. The molecule has 0 aromatic heterocycles. The predicted molar refractivity (Wildman–Crippen MR) is 90.1 cm³/mol. The molecular weight excluding hydrogens is 304 g/mol. The molecule has 1 amide bonds. The van der Waals surface area contributed by atoms with Crippen LogP contribution in [-0.2, 0) is 9.53 Å². The van der Waals surface area contributed by atoms with Gasteiger partial charge in [0.15, 0.2) is 0 Å². The average molecular weight is 329 g/mol. The molecule has 0 spiro atoms. The molecule has 0 saturated carbocycles. The largest absolute Gasteiger partial charge is 0.489 e. The highest BCUT2D eigenvalue weighted by Crippen LogP contribution is 2.27. The number of hydrogen-bond donors (Lipinski definition) is 2. The second kappa shape index (κ2) is 9.66. The lowest BCUT2D eigenvalue weighted by Gasteiger charge is -2.16. The van der Waals surface area contributed by atoms with E-state index in [4.69, 9.17) is 9.47 Å². The van der Waals surface area contributed by atoms with Crippen LogP contribution in [0, 0.1) is 6.92 Å². The number of amides is 1. The maximum absolute atomic E-state index is 11.8. The number of aryl methyl sites for hydroxylation is 1. The summed E-state index contributed by atoms with van der Waals surface area (Å²) in [5, 5.41) is 5.86. The van der Waals surface area contributed by atoms with Crippen molar-refractivity contribution in [2.45, 2.75) is 32.3 Å². The second-order valence-electron chi connectivity index (χ2n) is 5.35. The van der Waals surface area contributed by atoms with Gasteiger partial charge in [0.05, 0.1) is 11.8 Å². The third-order valence-corrected chi connectivity index (χ3v) is 3.46. The zero-order valence-electron chi connectivity index (χ0n) is 13.2. The number of hydrogen-bond acceptors (Lipinski definition) is 4. The lowest BCUT2D eigenvalue weighted by atomic mass is 10.2. The molecule has 22 heavy (non-hydrogen) atoms. The van der Waals surface area contributed by atoms with Crippen LogP contribution >= 0.6 is 12.4 Å². The summed E-state index contributed by atoms with van der Waals surface area (Å²) in [7, 11) is 1.83. The Morgan fingerprint density at radius 1 is 1.45 bits per heavy atom. The van der Waals surface area contributed by atoms with E-state index < -0.39 is 0 Å². The molecule has 0 radical (unpaired) electrons. The Labute approximate surface area is 138 Å². The van der Waals surface area contributed by atoms with Crippen LogP contribution in [0.4, 0.5) is 5.69 Å². The zero-order valence-corrected chi connectivity index (χ0v) is 14.0. The van der Waals surface area contributed by atoms with E-state index >= 15 is 0 Å². The Morgan fingerprint density at radius 3 is 2.95 bits per heavy atom. The molecule has 1 aliphatic heterocycles. The minimum atomic E-state index is -0.0184. The fourth-order valence-corrected chi connectivity index (χ4v) is 2.26. The Hall–Kier alpha value is -1.30. The van der Waals surface area contributed by atoms with Gasteiger partial charge in [-0.3, -0.25) is 4.79 Å². The predicted octanol–water partition coefficient (Wildman–Crippen LogP) is 2.52. The molecular formula is C16H25ClN2O3. The van der Waals surface area contributed by atoms with Crippen molar-refractivity contribution in [1.29, 1.82) is 0 Å². The number of carbonyl (C=O) groups excluding carboxylic acids is 1. The average Bonchev–Trinajstić information content (AvgIpc) is 2.98. The van der Waals surface area contributed by atoms with Crippen molar-refractivity contribution in [3.05, 3.63) is 23.8 Å². The van der Waals surface area contributed by atoms with Gasteiger partial charge in [-0.25, -0.2) is 0 Å². The van der Waals surface area contributed by atoms with E-state index in [0.29, 0.717) is 25.3 Å². The lowest BCUT2D eigenvalue weighted by Crippen LogP contribution is -2.20. The van der Waals surface area contributed by atoms with E-state index in [2.05, 4.69) is 10.6 Å². The molecule has 2 N–H and O–H groups in total. The number of carbonyl (C=O) groups is 1. The summed E-state index contributed by atoms with van der Waals surface area (Å²) < 4.78 is 11.4. The van der Waals surface area contributed by atoms with Crippen molar-refractivity contribution in [1.82, 2.24) is 5.32 Å². The maximum Gasteiger partial charge on any atom is 0.225 e. The van der Waals surface area contributed by atoms with Crippen LogP contribution in [0.1, 0.15) is 24.8 Å². The number of benzene rings is 1. The van der Waals surface area contributed by atoms with E-state index in [9.17, 15) is 4.79 Å². The van der Waals surface area contributed by atoms with Gasteiger partial charge in [-0.15, -0.1) is 12.4 Å². The summed E-state index contributed by atoms with van der Waals surface area (Å²) in [6.07, 6.45) is 2.74. The molecule has 1 aliphatic rings. The molecule has 124 valence electrons. The van der Waals surface area contributed by atoms with E-state index in [0.717, 1.165) is 30.7 Å². The quantitative estimate of drug-likeness (QED) is 0.807. The first-order valence-corrected chi connectivity index (χ1v) is 7.48. The van der Waals surface area contributed by atoms with Gasteiger partial charge in [0.2, 0.25) is 5.91 Å². The first-order chi connectivity index (χ1) is 10.2. The third-order valence-electron chi connectivity index (χ3n) is 3.46. The van der Waals surface area contributed by atoms with Crippen LogP contribution < -0.4 is 15.4 Å². The highest BCUT2D eigenvalue weighted by molar-refractivity contribution is 5.92. The van der Waals surface area contributed by atoms with Gasteiger partial charge < -0.3 is 20.1 Å². The number of anilines is 1. The number of halogens is 1. The monoisotopic (exact) mass is 328 g/mol. The van der Waals surface area contributed by atoms with Crippen molar-refractivity contribution in [2.24, 2.45) is 0 Å². The molecule has 2 rings (SSSR count). The van der Waals surface area contributed by atoms with Crippen molar-refractivity contribution in [3.8, 4) is 5.75 Å². The van der Waals surface area contributed by atoms with Crippen molar-refractivity contribution in [2.75, 3.05) is 32.1 Å². The first kappa shape index (κ1) is 18.7. The first-order valence-electron chi connectivity index (χ1n) is 7.48. The van der Waals surface area contributed by atoms with Gasteiger partial charge in [0.25, 0.3) is 0 Å². The summed E-state index contributed by atoms with van der Waals surface area (Å²) in [6, 6.07) is 5.80. The fraction of sp³-hybridized carbons (Fsp3) is 0.562. The Kier molecular flexibility index (Phi) is 8.24. The molecule has 1 aromatic carbocycles. The van der Waals surface area contributed by atoms with Crippen molar-refractivity contribution in [3.63, 3.8) is 0 Å². The van der Waals surface area contributed by atoms with Crippen molar-refractivity contribution >= 4 is 24.0 Å². The third kappa shape index (κ3) is 5.83. The summed E-state index contributed by atoms with van der Waals surface area (Å²) >= 11 is 0. The number of rotatable bonds is 7. The van der Waals surface area contributed by atoms with Crippen LogP contribution in [0.5, 0.6) is 5.75 Å². The summed E-state index contributed by atoms with van der Waals surface area (Å²) in [4.78, 5) is 11.8.